The maximum Gasteiger partial charge on any atom is 0.317 e. The number of rotatable bonds is 7. The fraction of sp³-hybridized carbons (Fsp3) is 0.611. The normalized spacial score (nSPS) is 17.0. The van der Waals surface area contributed by atoms with E-state index in [2.05, 4.69) is 15.6 Å². The summed E-state index contributed by atoms with van der Waals surface area (Å²) >= 11 is 0. The second-order valence-corrected chi connectivity index (χ2v) is 6.17. The highest BCUT2D eigenvalue weighted by molar-refractivity contribution is 5.80. The van der Waals surface area contributed by atoms with Gasteiger partial charge >= 0.3 is 6.03 Å². The Balaban J connectivity index is 1.83. The summed E-state index contributed by atoms with van der Waals surface area (Å²) < 4.78 is 5.36. The number of aromatic nitrogens is 1. The molecule has 1 atom stereocenters. The minimum Gasteiger partial charge on any atom is -0.478 e. The third-order valence-electron chi connectivity index (χ3n) is 4.16. The maximum absolute atomic E-state index is 12.4. The summed E-state index contributed by atoms with van der Waals surface area (Å²) in [6.07, 6.45) is 4.27. The second kappa shape index (κ2) is 9.86. The van der Waals surface area contributed by atoms with Crippen molar-refractivity contribution in [2.24, 2.45) is 5.92 Å². The van der Waals surface area contributed by atoms with Crippen molar-refractivity contribution in [2.75, 3.05) is 26.2 Å². The highest BCUT2D eigenvalue weighted by atomic mass is 16.5. The fourth-order valence-corrected chi connectivity index (χ4v) is 2.84. The molecule has 7 heteroatoms. The number of urea groups is 1. The first kappa shape index (κ1) is 19.0. The number of nitrogens with one attached hydrogen (secondary N) is 2. The molecule has 0 radical (unpaired) electrons. The second-order valence-electron chi connectivity index (χ2n) is 6.17. The van der Waals surface area contributed by atoms with Crippen molar-refractivity contribution in [3.63, 3.8) is 0 Å². The number of pyridine rings is 1. The van der Waals surface area contributed by atoms with E-state index in [9.17, 15) is 9.59 Å². The number of carbonyl (C=O) groups excluding carboxylic acids is 2. The van der Waals surface area contributed by atoms with Gasteiger partial charge in [-0.3, -0.25) is 4.79 Å². The molecule has 0 spiro atoms. The Hall–Kier alpha value is -2.31. The summed E-state index contributed by atoms with van der Waals surface area (Å²) in [6, 6.07) is 3.53. The van der Waals surface area contributed by atoms with Gasteiger partial charge in [0.05, 0.1) is 12.5 Å². The van der Waals surface area contributed by atoms with Gasteiger partial charge in [-0.1, -0.05) is 6.92 Å². The topological polar surface area (TPSA) is 83.6 Å². The van der Waals surface area contributed by atoms with Gasteiger partial charge in [-0.15, -0.1) is 0 Å². The van der Waals surface area contributed by atoms with Crippen LogP contribution in [-0.2, 0) is 11.3 Å². The first-order valence-corrected chi connectivity index (χ1v) is 9.02. The van der Waals surface area contributed by atoms with E-state index >= 15 is 0 Å². The number of ether oxygens (including phenoxy) is 1. The molecule has 3 amide bonds. The molecule has 7 nitrogen and oxygen atoms in total. The number of carbonyl (C=O) groups is 2. The molecule has 0 aliphatic carbocycles. The molecular formula is C18H28N4O3. The molecule has 0 aromatic carbocycles. The predicted molar refractivity (Wildman–Crippen MR) is 95.2 cm³/mol. The van der Waals surface area contributed by atoms with Gasteiger partial charge in [-0.2, -0.15) is 0 Å². The van der Waals surface area contributed by atoms with Gasteiger partial charge in [0.15, 0.2) is 0 Å². The Morgan fingerprint density at radius 3 is 2.96 bits per heavy atom. The van der Waals surface area contributed by atoms with Crippen molar-refractivity contribution in [1.82, 2.24) is 20.5 Å². The number of likely N-dealkylation sites (tertiary alicyclic amines) is 1. The Labute approximate surface area is 149 Å². The van der Waals surface area contributed by atoms with Gasteiger partial charge in [0.2, 0.25) is 11.8 Å². The van der Waals surface area contributed by atoms with Crippen molar-refractivity contribution in [1.29, 1.82) is 0 Å². The van der Waals surface area contributed by atoms with Crippen molar-refractivity contribution in [2.45, 2.75) is 39.7 Å². The van der Waals surface area contributed by atoms with E-state index in [1.54, 1.807) is 11.1 Å². The van der Waals surface area contributed by atoms with Gasteiger partial charge in [0.1, 0.15) is 0 Å². The van der Waals surface area contributed by atoms with E-state index in [-0.39, 0.29) is 17.9 Å². The summed E-state index contributed by atoms with van der Waals surface area (Å²) in [4.78, 5) is 30.4. The zero-order valence-corrected chi connectivity index (χ0v) is 15.1. The van der Waals surface area contributed by atoms with Crippen LogP contribution in [0.4, 0.5) is 4.79 Å². The zero-order chi connectivity index (χ0) is 18.1. The van der Waals surface area contributed by atoms with E-state index in [0.29, 0.717) is 38.7 Å². The summed E-state index contributed by atoms with van der Waals surface area (Å²) in [5, 5.41) is 5.83. The molecule has 0 saturated carbocycles. The first-order valence-electron chi connectivity index (χ1n) is 9.02. The third kappa shape index (κ3) is 5.92. The van der Waals surface area contributed by atoms with E-state index in [4.69, 9.17) is 4.74 Å². The molecule has 1 saturated heterocycles. The Morgan fingerprint density at radius 1 is 1.36 bits per heavy atom. The van der Waals surface area contributed by atoms with Crippen LogP contribution in [0.25, 0.3) is 0 Å². The fourth-order valence-electron chi connectivity index (χ4n) is 2.84. The average molecular weight is 348 g/mol. The van der Waals surface area contributed by atoms with Crippen molar-refractivity contribution in [3.05, 3.63) is 23.9 Å². The summed E-state index contributed by atoms with van der Waals surface area (Å²) in [6.45, 7) is 6.73. The molecule has 25 heavy (non-hydrogen) atoms. The van der Waals surface area contributed by atoms with Crippen LogP contribution in [0.1, 0.15) is 38.7 Å². The molecule has 1 fully saturated rings. The summed E-state index contributed by atoms with van der Waals surface area (Å²) in [7, 11) is 0. The van der Waals surface area contributed by atoms with Crippen LogP contribution in [0.3, 0.4) is 0 Å². The van der Waals surface area contributed by atoms with E-state index in [1.165, 1.54) is 0 Å². The molecular weight excluding hydrogens is 320 g/mol. The lowest BCUT2D eigenvalue weighted by molar-refractivity contribution is -0.126. The monoisotopic (exact) mass is 348 g/mol. The first-order chi connectivity index (χ1) is 12.1. The highest BCUT2D eigenvalue weighted by Gasteiger charge is 2.28. The van der Waals surface area contributed by atoms with Crippen molar-refractivity contribution in [3.8, 4) is 5.88 Å². The van der Waals surface area contributed by atoms with Gasteiger partial charge in [-0.25, -0.2) is 9.78 Å². The molecule has 1 aliphatic heterocycles. The molecule has 1 aromatic rings. The maximum atomic E-state index is 12.4. The van der Waals surface area contributed by atoms with E-state index in [1.807, 2.05) is 26.0 Å². The number of hydrogen-bond donors (Lipinski definition) is 2. The molecule has 1 unspecified atom stereocenters. The van der Waals surface area contributed by atoms with Crippen molar-refractivity contribution < 1.29 is 14.3 Å². The van der Waals surface area contributed by atoms with Crippen LogP contribution in [0.15, 0.2) is 18.3 Å². The van der Waals surface area contributed by atoms with Crippen LogP contribution in [0, 0.1) is 5.92 Å². The van der Waals surface area contributed by atoms with Gasteiger partial charge in [0, 0.05) is 38.4 Å². The Morgan fingerprint density at radius 2 is 2.20 bits per heavy atom. The zero-order valence-electron chi connectivity index (χ0n) is 15.1. The average Bonchev–Trinajstić information content (AvgIpc) is 2.65. The lowest BCUT2D eigenvalue weighted by Crippen LogP contribution is -2.48. The quantitative estimate of drug-likeness (QED) is 0.789. The van der Waals surface area contributed by atoms with Gasteiger partial charge in [0.25, 0.3) is 0 Å². The Kier molecular flexibility index (Phi) is 7.50. The number of piperidine rings is 1. The molecule has 1 aromatic heterocycles. The minimum absolute atomic E-state index is 0.0508. The van der Waals surface area contributed by atoms with Crippen LogP contribution in [-0.4, -0.2) is 48.1 Å². The third-order valence-corrected chi connectivity index (χ3v) is 4.16. The minimum atomic E-state index is -0.136. The van der Waals surface area contributed by atoms with Crippen LogP contribution in [0.5, 0.6) is 5.88 Å². The lowest BCUT2D eigenvalue weighted by atomic mass is 9.97. The lowest BCUT2D eigenvalue weighted by Gasteiger charge is -2.32. The van der Waals surface area contributed by atoms with Gasteiger partial charge < -0.3 is 20.3 Å². The molecule has 138 valence electrons. The molecule has 2 rings (SSSR count). The smallest absolute Gasteiger partial charge is 0.317 e. The Bertz CT molecular complexity index is 579. The summed E-state index contributed by atoms with van der Waals surface area (Å²) in [5.41, 5.74) is 0.932. The van der Waals surface area contributed by atoms with E-state index in [0.717, 1.165) is 24.8 Å². The SMILES string of the molecule is CCCNC(=O)C1CCCN(C(=O)NCc2ccnc(OCC)c2)C1. The van der Waals surface area contributed by atoms with Crippen molar-refractivity contribution >= 4 is 11.9 Å². The van der Waals surface area contributed by atoms with Crippen LogP contribution < -0.4 is 15.4 Å². The van der Waals surface area contributed by atoms with Crippen LogP contribution in [0.2, 0.25) is 0 Å². The largest absolute Gasteiger partial charge is 0.478 e. The molecule has 2 N–H and O–H groups in total. The van der Waals surface area contributed by atoms with E-state index < -0.39 is 0 Å². The highest BCUT2D eigenvalue weighted by Crippen LogP contribution is 2.17. The number of hydrogen-bond acceptors (Lipinski definition) is 4. The predicted octanol–water partition coefficient (Wildman–Crippen LogP) is 1.93. The molecule has 2 heterocycles. The standard InChI is InChI=1S/C18H28N4O3/c1-3-8-20-17(23)15-6-5-10-22(13-15)18(24)21-12-14-7-9-19-16(11-14)25-4-2/h7,9,11,15H,3-6,8,10,12-13H2,1-2H3,(H,20,23)(H,21,24). The molecule has 1 aliphatic rings. The molecule has 0 bridgehead atoms. The number of amides is 3. The summed E-state index contributed by atoms with van der Waals surface area (Å²) in [5.74, 6) is 0.492. The van der Waals surface area contributed by atoms with Crippen LogP contribution >= 0.6 is 0 Å². The van der Waals surface area contributed by atoms with Gasteiger partial charge in [-0.05, 0) is 37.8 Å². The number of nitrogens with zero attached hydrogens (tertiary/aromatic N) is 2.